The van der Waals surface area contributed by atoms with Gasteiger partial charge in [-0.25, -0.2) is 0 Å². The van der Waals surface area contributed by atoms with Gasteiger partial charge < -0.3 is 4.74 Å². The summed E-state index contributed by atoms with van der Waals surface area (Å²) in [5.41, 5.74) is 0. The van der Waals surface area contributed by atoms with E-state index in [-0.39, 0.29) is 12.1 Å². The van der Waals surface area contributed by atoms with Crippen molar-refractivity contribution in [2.45, 2.75) is 38.7 Å². The van der Waals surface area contributed by atoms with Gasteiger partial charge in [0.2, 0.25) is 0 Å². The van der Waals surface area contributed by atoms with E-state index in [1.54, 1.807) is 0 Å². The van der Waals surface area contributed by atoms with Crippen LogP contribution in [-0.2, 0) is 9.53 Å². The number of cyclic esters (lactones) is 1. The van der Waals surface area contributed by atoms with E-state index in [2.05, 4.69) is 6.92 Å². The maximum atomic E-state index is 11.3. The fourth-order valence-electron chi connectivity index (χ4n) is 4.02. The van der Waals surface area contributed by atoms with Crippen LogP contribution in [0.4, 0.5) is 0 Å². The van der Waals surface area contributed by atoms with Gasteiger partial charge in [-0.1, -0.05) is 0 Å². The monoisotopic (exact) mass is 180 g/mol. The number of ether oxygens (including phenoxy) is 1. The van der Waals surface area contributed by atoms with Crippen LogP contribution in [0.2, 0.25) is 0 Å². The van der Waals surface area contributed by atoms with Crippen molar-refractivity contribution in [3.05, 3.63) is 0 Å². The van der Waals surface area contributed by atoms with Gasteiger partial charge >= 0.3 is 5.97 Å². The molecule has 2 bridgehead atoms. The second-order valence-electron chi connectivity index (χ2n) is 4.97. The molecule has 13 heavy (non-hydrogen) atoms. The molecule has 2 saturated carbocycles. The van der Waals surface area contributed by atoms with Gasteiger partial charge in [0.05, 0.1) is 0 Å². The van der Waals surface area contributed by atoms with Gasteiger partial charge in [-0.2, -0.15) is 0 Å². The molecule has 72 valence electrons. The van der Waals surface area contributed by atoms with E-state index in [9.17, 15) is 4.79 Å². The molecule has 5 atom stereocenters. The summed E-state index contributed by atoms with van der Waals surface area (Å²) in [6.07, 6.45) is 5.02. The first-order valence-corrected chi connectivity index (χ1v) is 5.45. The molecule has 0 aromatic heterocycles. The van der Waals surface area contributed by atoms with Gasteiger partial charge in [0.25, 0.3) is 0 Å². The Morgan fingerprint density at radius 1 is 1.31 bits per heavy atom. The number of hydrogen-bond acceptors (Lipinski definition) is 2. The second kappa shape index (κ2) is 2.49. The number of rotatable bonds is 0. The Hall–Kier alpha value is -0.530. The summed E-state index contributed by atoms with van der Waals surface area (Å²) >= 11 is 0. The third-order valence-electron chi connectivity index (χ3n) is 4.42. The summed E-state index contributed by atoms with van der Waals surface area (Å²) in [5.74, 6) is 3.15. The van der Waals surface area contributed by atoms with E-state index >= 15 is 0 Å². The van der Waals surface area contributed by atoms with Crippen LogP contribution in [0.25, 0.3) is 0 Å². The first-order chi connectivity index (χ1) is 6.25. The minimum atomic E-state index is 0.0429. The molecule has 3 rings (SSSR count). The van der Waals surface area contributed by atoms with Crippen LogP contribution in [0, 0.1) is 23.7 Å². The molecule has 0 radical (unpaired) electrons. The van der Waals surface area contributed by atoms with Crippen molar-refractivity contribution in [3.63, 3.8) is 0 Å². The van der Waals surface area contributed by atoms with Crippen molar-refractivity contribution >= 4 is 5.97 Å². The molecule has 0 spiro atoms. The van der Waals surface area contributed by atoms with E-state index < -0.39 is 0 Å². The molecule has 2 aliphatic carbocycles. The van der Waals surface area contributed by atoms with Crippen molar-refractivity contribution in [3.8, 4) is 0 Å². The van der Waals surface area contributed by atoms with Gasteiger partial charge in [0.15, 0.2) is 0 Å². The van der Waals surface area contributed by atoms with E-state index in [4.69, 9.17) is 4.74 Å². The summed E-state index contributed by atoms with van der Waals surface area (Å²) in [7, 11) is 0. The summed E-state index contributed by atoms with van der Waals surface area (Å²) in [6.45, 7) is 2.08. The third kappa shape index (κ3) is 0.976. The van der Waals surface area contributed by atoms with Crippen LogP contribution in [0.1, 0.15) is 32.6 Å². The largest absolute Gasteiger partial charge is 0.462 e. The van der Waals surface area contributed by atoms with E-state index in [0.717, 1.165) is 11.8 Å². The molecule has 3 fully saturated rings. The summed E-state index contributed by atoms with van der Waals surface area (Å²) in [4.78, 5) is 11.3. The summed E-state index contributed by atoms with van der Waals surface area (Å²) in [6, 6.07) is 0. The first kappa shape index (κ1) is 7.84. The molecule has 2 nitrogen and oxygen atoms in total. The third-order valence-corrected chi connectivity index (χ3v) is 4.42. The Morgan fingerprint density at radius 2 is 2.08 bits per heavy atom. The van der Waals surface area contributed by atoms with E-state index in [1.807, 2.05) is 0 Å². The molecule has 0 aromatic carbocycles. The molecule has 1 saturated heterocycles. The Balaban J connectivity index is 1.89. The van der Waals surface area contributed by atoms with Gasteiger partial charge in [-0.3, -0.25) is 4.79 Å². The van der Waals surface area contributed by atoms with Crippen molar-refractivity contribution in [2.75, 3.05) is 0 Å². The highest BCUT2D eigenvalue weighted by Crippen LogP contribution is 2.56. The fourth-order valence-corrected chi connectivity index (χ4v) is 4.02. The average molecular weight is 180 g/mol. The lowest BCUT2D eigenvalue weighted by atomic mass is 9.74. The Kier molecular flexibility index (Phi) is 1.50. The maximum absolute atomic E-state index is 11.3. The van der Waals surface area contributed by atoms with Crippen LogP contribution in [0.3, 0.4) is 0 Å². The fraction of sp³-hybridized carbons (Fsp3) is 0.909. The predicted octanol–water partition coefficient (Wildman–Crippen LogP) is 1.98. The molecule has 5 unspecified atom stereocenters. The highest BCUT2D eigenvalue weighted by molar-refractivity contribution is 5.71. The zero-order valence-corrected chi connectivity index (χ0v) is 8.03. The minimum absolute atomic E-state index is 0.0429. The molecule has 2 heteroatoms. The first-order valence-electron chi connectivity index (χ1n) is 5.45. The highest BCUT2D eigenvalue weighted by Gasteiger charge is 2.53. The molecular weight excluding hydrogens is 164 g/mol. The standard InChI is InChI=1S/C11H16O2/c1-6-11-8-3-2-7(4-8)9(11)5-10(12)13-6/h6-9,11H,2-5H2,1H3. The van der Waals surface area contributed by atoms with Crippen LogP contribution >= 0.6 is 0 Å². The molecule has 1 heterocycles. The zero-order valence-electron chi connectivity index (χ0n) is 8.03. The van der Waals surface area contributed by atoms with Crippen molar-refractivity contribution in [2.24, 2.45) is 23.7 Å². The quantitative estimate of drug-likeness (QED) is 0.533. The number of carbonyl (C=O) groups excluding carboxylic acids is 1. The minimum Gasteiger partial charge on any atom is -0.462 e. The number of fused-ring (bicyclic) bond motifs is 5. The normalized spacial score (nSPS) is 53.3. The van der Waals surface area contributed by atoms with Crippen LogP contribution < -0.4 is 0 Å². The maximum Gasteiger partial charge on any atom is 0.306 e. The zero-order chi connectivity index (χ0) is 9.00. The number of hydrogen-bond donors (Lipinski definition) is 0. The van der Waals surface area contributed by atoms with Crippen LogP contribution in [0.5, 0.6) is 0 Å². The Morgan fingerprint density at radius 3 is 2.92 bits per heavy atom. The highest BCUT2D eigenvalue weighted by atomic mass is 16.5. The van der Waals surface area contributed by atoms with Crippen molar-refractivity contribution in [1.29, 1.82) is 0 Å². The molecule has 3 aliphatic rings. The smallest absolute Gasteiger partial charge is 0.306 e. The van der Waals surface area contributed by atoms with Crippen LogP contribution in [-0.4, -0.2) is 12.1 Å². The van der Waals surface area contributed by atoms with Crippen LogP contribution in [0.15, 0.2) is 0 Å². The SMILES string of the molecule is CC1OC(=O)CC2C3CCC(C3)C12. The molecule has 1 aliphatic heterocycles. The Labute approximate surface area is 78.6 Å². The van der Waals surface area contributed by atoms with Gasteiger partial charge in [0.1, 0.15) is 6.10 Å². The van der Waals surface area contributed by atoms with Crippen molar-refractivity contribution in [1.82, 2.24) is 0 Å². The van der Waals surface area contributed by atoms with E-state index in [1.165, 1.54) is 19.3 Å². The van der Waals surface area contributed by atoms with Crippen molar-refractivity contribution < 1.29 is 9.53 Å². The average Bonchev–Trinajstić information content (AvgIpc) is 2.62. The topological polar surface area (TPSA) is 26.3 Å². The summed E-state index contributed by atoms with van der Waals surface area (Å²) < 4.78 is 5.31. The lowest BCUT2D eigenvalue weighted by molar-refractivity contribution is -0.164. The molecule has 0 aromatic rings. The van der Waals surface area contributed by atoms with Gasteiger partial charge in [-0.15, -0.1) is 0 Å². The van der Waals surface area contributed by atoms with Gasteiger partial charge in [-0.05, 0) is 43.9 Å². The number of esters is 1. The van der Waals surface area contributed by atoms with E-state index in [0.29, 0.717) is 18.3 Å². The molecular formula is C11H16O2. The number of carbonyl (C=O) groups is 1. The second-order valence-corrected chi connectivity index (χ2v) is 4.97. The summed E-state index contributed by atoms with van der Waals surface area (Å²) in [5, 5.41) is 0. The molecule has 0 N–H and O–H groups in total. The predicted molar refractivity (Wildman–Crippen MR) is 48.0 cm³/mol. The lowest BCUT2D eigenvalue weighted by Gasteiger charge is -2.38. The lowest BCUT2D eigenvalue weighted by Crippen LogP contribution is -2.40. The Bertz CT molecular complexity index is 248. The molecule has 0 amide bonds. The van der Waals surface area contributed by atoms with Gasteiger partial charge in [0, 0.05) is 12.3 Å².